The zero-order valence-corrected chi connectivity index (χ0v) is 17.6. The van der Waals surface area contributed by atoms with E-state index in [1.165, 1.54) is 11.8 Å². The highest BCUT2D eigenvalue weighted by atomic mass is 32.2. The van der Waals surface area contributed by atoms with Gasteiger partial charge in [-0.15, -0.1) is 0 Å². The zero-order chi connectivity index (χ0) is 20.9. The number of nitrogens with two attached hydrogens (primary N) is 2. The van der Waals surface area contributed by atoms with Crippen LogP contribution in [0.1, 0.15) is 40.9 Å². The third-order valence-electron chi connectivity index (χ3n) is 5.58. The number of hydrogen-bond donors (Lipinski definition) is 2. The van der Waals surface area contributed by atoms with Gasteiger partial charge in [-0.25, -0.2) is 9.67 Å². The van der Waals surface area contributed by atoms with Crippen molar-refractivity contribution in [1.29, 1.82) is 0 Å². The monoisotopic (exact) mass is 412 g/mol. The van der Waals surface area contributed by atoms with E-state index in [-0.39, 0.29) is 11.6 Å². The van der Waals surface area contributed by atoms with Crippen molar-refractivity contribution < 1.29 is 9.53 Å². The zero-order valence-electron chi connectivity index (χ0n) is 16.8. The molecule has 2 aromatic heterocycles. The number of ketones is 1. The molecule has 2 aromatic rings. The van der Waals surface area contributed by atoms with Gasteiger partial charge in [-0.1, -0.05) is 18.3 Å². The molecule has 1 aliphatic carbocycles. The van der Waals surface area contributed by atoms with E-state index in [1.54, 1.807) is 18.0 Å². The summed E-state index contributed by atoms with van der Waals surface area (Å²) < 4.78 is 7.21. The molecule has 152 valence electrons. The van der Waals surface area contributed by atoms with Gasteiger partial charge in [-0.05, 0) is 26.7 Å². The van der Waals surface area contributed by atoms with E-state index in [9.17, 15) is 4.79 Å². The van der Waals surface area contributed by atoms with Crippen molar-refractivity contribution in [3.63, 3.8) is 0 Å². The smallest absolute Gasteiger partial charge is 0.155 e. The summed E-state index contributed by atoms with van der Waals surface area (Å²) in [4.78, 5) is 21.7. The normalized spacial score (nSPS) is 18.6. The van der Waals surface area contributed by atoms with Crippen molar-refractivity contribution in [2.45, 2.75) is 38.6 Å². The number of pyridine rings is 1. The number of aryl methyl sites for hydroxylation is 1. The van der Waals surface area contributed by atoms with Gasteiger partial charge in [-0.2, -0.15) is 5.10 Å². The molecule has 1 aliphatic heterocycles. The quantitative estimate of drug-likeness (QED) is 0.788. The fourth-order valence-electron chi connectivity index (χ4n) is 3.85. The Labute approximate surface area is 173 Å². The SMILES string of the molecule is C=C(N)N=C1SCC(=O)C2(CC2)c2nn(Cc3ncc(C)c(OC)c3C)c(N)c21. The molecule has 0 amide bonds. The number of ether oxygens (including phenoxy) is 1. The fraction of sp³-hybridized carbons (Fsp3) is 0.400. The summed E-state index contributed by atoms with van der Waals surface area (Å²) in [7, 11) is 1.64. The summed E-state index contributed by atoms with van der Waals surface area (Å²) in [6, 6.07) is 0. The molecule has 4 rings (SSSR count). The molecule has 0 radical (unpaired) electrons. The predicted octanol–water partition coefficient (Wildman–Crippen LogP) is 2.06. The minimum absolute atomic E-state index is 0.160. The van der Waals surface area contributed by atoms with Crippen molar-refractivity contribution in [1.82, 2.24) is 14.8 Å². The Kier molecular flexibility index (Phi) is 4.65. The molecule has 2 aliphatic rings. The number of nitrogen functional groups attached to an aromatic ring is 1. The molecule has 0 unspecified atom stereocenters. The van der Waals surface area contributed by atoms with Crippen LogP contribution < -0.4 is 16.2 Å². The highest BCUT2D eigenvalue weighted by Gasteiger charge is 2.56. The summed E-state index contributed by atoms with van der Waals surface area (Å²) in [5.41, 5.74) is 15.8. The lowest BCUT2D eigenvalue weighted by Gasteiger charge is -2.13. The standard InChI is InChI=1S/C20H24N6O2S/c1-10-7-23-13(11(2)16(10)28-4)8-26-18(22)15-17(25-26)20(5-6-20)14(27)9-29-19(15)24-12(3)21/h7H,3,5-6,8-9,21-22H2,1-2,4H3. The molecular weight excluding hydrogens is 388 g/mol. The number of nitrogens with zero attached hydrogens (tertiary/aromatic N) is 4. The molecule has 1 spiro atoms. The number of carbonyl (C=O) groups excluding carboxylic acids is 1. The van der Waals surface area contributed by atoms with Gasteiger partial charge in [-0.3, -0.25) is 9.78 Å². The van der Waals surface area contributed by atoms with Crippen LogP contribution in [0.5, 0.6) is 5.75 Å². The number of Topliss-reactive ketones (excluding diaryl/α,β-unsaturated/α-hetero) is 1. The molecule has 0 saturated heterocycles. The van der Waals surface area contributed by atoms with Crippen molar-refractivity contribution in [2.24, 2.45) is 10.7 Å². The summed E-state index contributed by atoms with van der Waals surface area (Å²) in [5, 5.41) is 5.37. The van der Waals surface area contributed by atoms with E-state index in [2.05, 4.69) is 16.6 Å². The summed E-state index contributed by atoms with van der Waals surface area (Å²) in [6.07, 6.45) is 3.34. The van der Waals surface area contributed by atoms with Gasteiger partial charge >= 0.3 is 0 Å². The van der Waals surface area contributed by atoms with E-state index < -0.39 is 5.41 Å². The third-order valence-corrected chi connectivity index (χ3v) is 6.55. The fourth-order valence-corrected chi connectivity index (χ4v) is 4.92. The van der Waals surface area contributed by atoms with Gasteiger partial charge in [0.1, 0.15) is 22.4 Å². The number of anilines is 1. The van der Waals surface area contributed by atoms with Crippen LogP contribution in [0.15, 0.2) is 23.6 Å². The van der Waals surface area contributed by atoms with Gasteiger partial charge in [0, 0.05) is 17.3 Å². The number of aromatic nitrogens is 3. The van der Waals surface area contributed by atoms with Crippen molar-refractivity contribution in [2.75, 3.05) is 18.6 Å². The molecule has 1 fully saturated rings. The van der Waals surface area contributed by atoms with Gasteiger partial charge < -0.3 is 16.2 Å². The first-order valence-corrected chi connectivity index (χ1v) is 10.3. The first-order valence-electron chi connectivity index (χ1n) is 9.34. The van der Waals surface area contributed by atoms with Gasteiger partial charge in [0.25, 0.3) is 0 Å². The number of hydrogen-bond acceptors (Lipinski definition) is 8. The lowest BCUT2D eigenvalue weighted by molar-refractivity contribution is -0.119. The number of carbonyl (C=O) groups is 1. The second-order valence-electron chi connectivity index (χ2n) is 7.51. The van der Waals surface area contributed by atoms with Crippen LogP contribution in [0, 0.1) is 13.8 Å². The minimum atomic E-state index is -0.553. The number of aliphatic imine (C=N–C) groups is 1. The summed E-state index contributed by atoms with van der Waals surface area (Å²) in [5.74, 6) is 1.92. The van der Waals surface area contributed by atoms with Crippen molar-refractivity contribution in [3.05, 3.63) is 46.7 Å². The van der Waals surface area contributed by atoms with E-state index >= 15 is 0 Å². The first kappa shape index (κ1) is 19.5. The van der Waals surface area contributed by atoms with Crippen LogP contribution in [0.3, 0.4) is 0 Å². The predicted molar refractivity (Wildman–Crippen MR) is 114 cm³/mol. The number of thioether (sulfide) groups is 1. The second kappa shape index (κ2) is 6.91. The van der Waals surface area contributed by atoms with Crippen molar-refractivity contribution >= 4 is 28.4 Å². The maximum absolute atomic E-state index is 12.8. The van der Waals surface area contributed by atoms with Gasteiger partial charge in [0.15, 0.2) is 5.78 Å². The Balaban J connectivity index is 1.84. The molecule has 29 heavy (non-hydrogen) atoms. The highest BCUT2D eigenvalue weighted by Crippen LogP contribution is 2.53. The minimum Gasteiger partial charge on any atom is -0.496 e. The molecular formula is C20H24N6O2S. The lowest BCUT2D eigenvalue weighted by atomic mass is 9.95. The third kappa shape index (κ3) is 3.09. The molecule has 1 saturated carbocycles. The maximum Gasteiger partial charge on any atom is 0.155 e. The number of fused-ring (bicyclic) bond motifs is 2. The van der Waals surface area contributed by atoms with Gasteiger partial charge in [0.2, 0.25) is 0 Å². The Morgan fingerprint density at radius 3 is 2.79 bits per heavy atom. The Morgan fingerprint density at radius 1 is 1.45 bits per heavy atom. The molecule has 0 aromatic carbocycles. The van der Waals surface area contributed by atoms with Crippen LogP contribution in [0.25, 0.3) is 0 Å². The average molecular weight is 413 g/mol. The van der Waals surface area contributed by atoms with Crippen LogP contribution >= 0.6 is 11.8 Å². The molecule has 3 heterocycles. The molecule has 0 bridgehead atoms. The van der Waals surface area contributed by atoms with Crippen LogP contribution in [0.2, 0.25) is 0 Å². The molecule has 8 nitrogen and oxygen atoms in total. The number of rotatable bonds is 4. The largest absolute Gasteiger partial charge is 0.496 e. The highest BCUT2D eigenvalue weighted by molar-refractivity contribution is 8.15. The summed E-state index contributed by atoms with van der Waals surface area (Å²) >= 11 is 1.34. The summed E-state index contributed by atoms with van der Waals surface area (Å²) in [6.45, 7) is 7.95. The van der Waals surface area contributed by atoms with Crippen LogP contribution in [-0.2, 0) is 16.8 Å². The average Bonchev–Trinajstić information content (AvgIpc) is 3.42. The Bertz CT molecular complexity index is 1070. The molecule has 0 atom stereocenters. The van der Waals surface area contributed by atoms with Gasteiger partial charge in [0.05, 0.1) is 41.8 Å². The van der Waals surface area contributed by atoms with E-state index in [1.807, 2.05) is 13.8 Å². The molecule has 4 N–H and O–H groups in total. The first-order chi connectivity index (χ1) is 13.8. The second-order valence-corrected chi connectivity index (χ2v) is 8.48. The number of methoxy groups -OCH3 is 1. The van der Waals surface area contributed by atoms with Crippen LogP contribution in [-0.4, -0.2) is 38.5 Å². The maximum atomic E-state index is 12.8. The van der Waals surface area contributed by atoms with Crippen molar-refractivity contribution in [3.8, 4) is 5.75 Å². The molecule has 9 heteroatoms. The van der Waals surface area contributed by atoms with Crippen LogP contribution in [0.4, 0.5) is 5.82 Å². The lowest BCUT2D eigenvalue weighted by Crippen LogP contribution is -2.22. The Hall–Kier alpha value is -2.81. The Morgan fingerprint density at radius 2 is 2.17 bits per heavy atom. The topological polar surface area (TPSA) is 121 Å². The van der Waals surface area contributed by atoms with E-state index in [4.69, 9.17) is 21.3 Å². The van der Waals surface area contributed by atoms with E-state index in [0.29, 0.717) is 34.4 Å². The van der Waals surface area contributed by atoms with E-state index in [0.717, 1.165) is 35.4 Å².